The van der Waals surface area contributed by atoms with E-state index in [0.29, 0.717) is 15.4 Å². The van der Waals surface area contributed by atoms with Crippen LogP contribution in [0.3, 0.4) is 0 Å². The summed E-state index contributed by atoms with van der Waals surface area (Å²) in [7, 11) is 0. The van der Waals surface area contributed by atoms with Gasteiger partial charge in [-0.3, -0.25) is 0 Å². The van der Waals surface area contributed by atoms with E-state index >= 15 is 0 Å². The number of rotatable bonds is 2. The number of aromatic carboxylic acids is 1. The molecule has 0 fully saturated rings. The van der Waals surface area contributed by atoms with Crippen LogP contribution in [0.4, 0.5) is 0 Å². The highest BCUT2D eigenvalue weighted by atomic mass is 79.9. The van der Waals surface area contributed by atoms with Gasteiger partial charge in [0.15, 0.2) is 0 Å². The number of hydrogen-bond acceptors (Lipinski definition) is 2. The molecule has 0 saturated carbocycles. The Labute approximate surface area is 97.6 Å². The number of halogens is 2. The van der Waals surface area contributed by atoms with Crippen molar-refractivity contribution in [3.63, 3.8) is 0 Å². The first-order valence-corrected chi connectivity index (χ1v) is 5.54. The molecule has 0 saturated heterocycles. The van der Waals surface area contributed by atoms with Crippen molar-refractivity contribution >= 4 is 37.8 Å². The predicted octanol–water partition coefficient (Wildman–Crippen LogP) is 2.91. The monoisotopic (exact) mass is 317 g/mol. The van der Waals surface area contributed by atoms with Crippen molar-refractivity contribution in [3.8, 4) is 6.07 Å². The molecule has 1 N–H and O–H groups in total. The van der Waals surface area contributed by atoms with Crippen molar-refractivity contribution < 1.29 is 9.90 Å². The maximum atomic E-state index is 10.7. The molecule has 1 rings (SSSR count). The summed E-state index contributed by atoms with van der Waals surface area (Å²) in [6.07, 6.45) is 0. The zero-order valence-corrected chi connectivity index (χ0v) is 10.1. The number of alkyl halides is 1. The van der Waals surface area contributed by atoms with E-state index in [4.69, 9.17) is 10.4 Å². The van der Waals surface area contributed by atoms with E-state index in [1.165, 1.54) is 6.07 Å². The van der Waals surface area contributed by atoms with Crippen molar-refractivity contribution in [3.05, 3.63) is 33.3 Å². The molecular formula is C9H5Br2NO2. The first-order valence-electron chi connectivity index (χ1n) is 3.62. The Kier molecular flexibility index (Phi) is 3.67. The van der Waals surface area contributed by atoms with Crippen molar-refractivity contribution in [2.75, 3.05) is 0 Å². The van der Waals surface area contributed by atoms with Crippen molar-refractivity contribution in [1.29, 1.82) is 5.26 Å². The largest absolute Gasteiger partial charge is 0.478 e. The van der Waals surface area contributed by atoms with Crippen LogP contribution in [0.5, 0.6) is 0 Å². The van der Waals surface area contributed by atoms with Gasteiger partial charge in [-0.05, 0) is 27.6 Å². The van der Waals surface area contributed by atoms with Gasteiger partial charge in [-0.15, -0.1) is 0 Å². The van der Waals surface area contributed by atoms with Gasteiger partial charge < -0.3 is 5.11 Å². The molecular weight excluding hydrogens is 314 g/mol. The Bertz CT molecular complexity index is 424. The number of hydrogen-bond donors (Lipinski definition) is 1. The number of benzene rings is 1. The van der Waals surface area contributed by atoms with E-state index in [1.54, 1.807) is 6.07 Å². The predicted molar refractivity (Wildman–Crippen MR) is 58.4 cm³/mol. The quantitative estimate of drug-likeness (QED) is 0.853. The van der Waals surface area contributed by atoms with Crippen LogP contribution in [0.2, 0.25) is 0 Å². The fourth-order valence-corrected chi connectivity index (χ4v) is 2.13. The molecule has 5 heteroatoms. The van der Waals surface area contributed by atoms with E-state index in [-0.39, 0.29) is 5.56 Å². The van der Waals surface area contributed by atoms with Gasteiger partial charge in [0.2, 0.25) is 0 Å². The lowest BCUT2D eigenvalue weighted by Crippen LogP contribution is -2.01. The molecule has 0 aliphatic carbocycles. The minimum absolute atomic E-state index is 0.103. The Morgan fingerprint density at radius 1 is 1.57 bits per heavy atom. The molecule has 0 radical (unpaired) electrons. The standard InChI is InChI=1S/C9H5Br2NO2/c10-3-5-1-2-6(9(13)14)8(11)7(5)4-12/h1-2H,3H2,(H,13,14). The highest BCUT2D eigenvalue weighted by molar-refractivity contribution is 9.10. The first kappa shape index (κ1) is 11.2. The molecule has 0 aliphatic heterocycles. The van der Waals surface area contributed by atoms with Gasteiger partial charge in [0.05, 0.1) is 15.6 Å². The third-order valence-electron chi connectivity index (χ3n) is 1.71. The minimum atomic E-state index is -1.05. The molecule has 0 heterocycles. The van der Waals surface area contributed by atoms with E-state index in [9.17, 15) is 4.79 Å². The number of nitriles is 1. The third kappa shape index (κ3) is 1.97. The summed E-state index contributed by atoms with van der Waals surface area (Å²) in [6, 6.07) is 5.07. The van der Waals surface area contributed by atoms with E-state index in [2.05, 4.69) is 31.9 Å². The fourth-order valence-electron chi connectivity index (χ4n) is 1.01. The summed E-state index contributed by atoms with van der Waals surface area (Å²) in [5, 5.41) is 18.2. The molecule has 0 spiro atoms. The Morgan fingerprint density at radius 2 is 2.21 bits per heavy atom. The van der Waals surface area contributed by atoms with Gasteiger partial charge in [-0.1, -0.05) is 22.0 Å². The normalized spacial score (nSPS) is 9.50. The van der Waals surface area contributed by atoms with E-state index in [0.717, 1.165) is 5.56 Å². The smallest absolute Gasteiger partial charge is 0.336 e. The van der Waals surface area contributed by atoms with Crippen LogP contribution in [0, 0.1) is 11.3 Å². The summed E-state index contributed by atoms with van der Waals surface area (Å²) in [4.78, 5) is 10.7. The molecule has 3 nitrogen and oxygen atoms in total. The van der Waals surface area contributed by atoms with Crippen molar-refractivity contribution in [2.45, 2.75) is 5.33 Å². The molecule has 0 unspecified atom stereocenters. The van der Waals surface area contributed by atoms with Crippen LogP contribution >= 0.6 is 31.9 Å². The van der Waals surface area contributed by atoms with Crippen LogP contribution in [-0.4, -0.2) is 11.1 Å². The van der Waals surface area contributed by atoms with Crippen LogP contribution in [0.15, 0.2) is 16.6 Å². The maximum absolute atomic E-state index is 10.7. The summed E-state index contributed by atoms with van der Waals surface area (Å²) in [6.45, 7) is 0. The van der Waals surface area contributed by atoms with Crippen LogP contribution in [0.25, 0.3) is 0 Å². The number of nitrogens with zero attached hydrogens (tertiary/aromatic N) is 1. The highest BCUT2D eigenvalue weighted by Crippen LogP contribution is 2.26. The summed E-state index contributed by atoms with van der Waals surface area (Å²) in [5.41, 5.74) is 1.23. The van der Waals surface area contributed by atoms with Crippen LogP contribution < -0.4 is 0 Å². The van der Waals surface area contributed by atoms with E-state index in [1.807, 2.05) is 6.07 Å². The second-order valence-electron chi connectivity index (χ2n) is 2.51. The summed E-state index contributed by atoms with van der Waals surface area (Å²) in [5.74, 6) is -1.05. The third-order valence-corrected chi connectivity index (χ3v) is 3.14. The molecule has 0 amide bonds. The number of carboxylic acid groups (broad SMARTS) is 1. The van der Waals surface area contributed by atoms with Gasteiger partial charge in [-0.25, -0.2) is 4.79 Å². The number of carboxylic acids is 1. The number of carbonyl (C=O) groups is 1. The highest BCUT2D eigenvalue weighted by Gasteiger charge is 2.14. The van der Waals surface area contributed by atoms with Crippen LogP contribution in [-0.2, 0) is 5.33 Å². The second-order valence-corrected chi connectivity index (χ2v) is 3.87. The van der Waals surface area contributed by atoms with Gasteiger partial charge in [-0.2, -0.15) is 5.26 Å². The molecule has 72 valence electrons. The Morgan fingerprint density at radius 3 is 2.64 bits per heavy atom. The molecule has 0 aliphatic rings. The molecule has 0 atom stereocenters. The Balaban J connectivity index is 3.44. The summed E-state index contributed by atoms with van der Waals surface area (Å²) >= 11 is 6.34. The lowest BCUT2D eigenvalue weighted by Gasteiger charge is -2.04. The zero-order chi connectivity index (χ0) is 10.7. The van der Waals surface area contributed by atoms with Crippen molar-refractivity contribution in [2.24, 2.45) is 0 Å². The topological polar surface area (TPSA) is 61.1 Å². The van der Waals surface area contributed by atoms with Gasteiger partial charge in [0, 0.05) is 5.33 Å². The Hall–Kier alpha value is -0.860. The average molecular weight is 319 g/mol. The lowest BCUT2D eigenvalue weighted by atomic mass is 10.1. The van der Waals surface area contributed by atoms with Gasteiger partial charge in [0.25, 0.3) is 0 Å². The fraction of sp³-hybridized carbons (Fsp3) is 0.111. The minimum Gasteiger partial charge on any atom is -0.478 e. The SMILES string of the molecule is N#Cc1c(CBr)ccc(C(=O)O)c1Br. The van der Waals surface area contributed by atoms with Gasteiger partial charge >= 0.3 is 5.97 Å². The maximum Gasteiger partial charge on any atom is 0.336 e. The van der Waals surface area contributed by atoms with Gasteiger partial charge in [0.1, 0.15) is 6.07 Å². The molecule has 1 aromatic carbocycles. The van der Waals surface area contributed by atoms with Crippen LogP contribution in [0.1, 0.15) is 21.5 Å². The summed E-state index contributed by atoms with van der Waals surface area (Å²) < 4.78 is 0.337. The zero-order valence-electron chi connectivity index (χ0n) is 6.92. The molecule has 0 bridgehead atoms. The molecule has 14 heavy (non-hydrogen) atoms. The molecule has 1 aromatic rings. The second kappa shape index (κ2) is 4.58. The van der Waals surface area contributed by atoms with E-state index < -0.39 is 5.97 Å². The molecule has 0 aromatic heterocycles. The first-order chi connectivity index (χ1) is 6.61. The lowest BCUT2D eigenvalue weighted by molar-refractivity contribution is 0.0696. The average Bonchev–Trinajstić information content (AvgIpc) is 2.16. The van der Waals surface area contributed by atoms with Crippen molar-refractivity contribution in [1.82, 2.24) is 0 Å².